The molecule has 1 aliphatic rings. The van der Waals surface area contributed by atoms with Gasteiger partial charge in [0.2, 0.25) is 0 Å². The molecule has 1 saturated heterocycles. The lowest BCUT2D eigenvalue weighted by Gasteiger charge is -2.23. The Morgan fingerprint density at radius 2 is 2.00 bits per heavy atom. The first-order valence-corrected chi connectivity index (χ1v) is 8.18. The molecule has 4 rings (SSSR count). The largest absolute Gasteiger partial charge is 0.463 e. The third kappa shape index (κ3) is 2.94. The van der Waals surface area contributed by atoms with Gasteiger partial charge in [-0.1, -0.05) is 30.3 Å². The zero-order valence-corrected chi connectivity index (χ0v) is 13.0. The molecule has 0 N–H and O–H groups in total. The van der Waals surface area contributed by atoms with Gasteiger partial charge in [-0.2, -0.15) is 0 Å². The lowest BCUT2D eigenvalue weighted by Crippen LogP contribution is -2.24. The molecule has 4 nitrogen and oxygen atoms in total. The van der Waals surface area contributed by atoms with E-state index in [1.165, 1.54) is 12.8 Å². The van der Waals surface area contributed by atoms with E-state index in [4.69, 9.17) is 9.15 Å². The molecule has 0 bridgehead atoms. The molecule has 0 aliphatic carbocycles. The van der Waals surface area contributed by atoms with Crippen LogP contribution in [-0.2, 0) is 11.3 Å². The van der Waals surface area contributed by atoms with Crippen LogP contribution in [0.2, 0.25) is 0 Å². The molecular formula is C19H20N2O2. The fourth-order valence-electron chi connectivity index (χ4n) is 3.17. The van der Waals surface area contributed by atoms with Crippen molar-refractivity contribution in [3.8, 4) is 22.7 Å². The van der Waals surface area contributed by atoms with E-state index in [9.17, 15) is 0 Å². The monoisotopic (exact) mass is 308 g/mol. The maximum absolute atomic E-state index is 5.89. The molecule has 1 aromatic carbocycles. The zero-order chi connectivity index (χ0) is 15.5. The number of hydrogen-bond donors (Lipinski definition) is 0. The van der Waals surface area contributed by atoms with Gasteiger partial charge in [-0.25, -0.2) is 4.98 Å². The molecule has 0 saturated carbocycles. The van der Waals surface area contributed by atoms with Gasteiger partial charge >= 0.3 is 0 Å². The van der Waals surface area contributed by atoms with E-state index in [-0.39, 0.29) is 6.10 Å². The Bertz CT molecular complexity index is 741. The van der Waals surface area contributed by atoms with Crippen LogP contribution in [0.25, 0.3) is 22.7 Å². The van der Waals surface area contributed by atoms with E-state index in [0.717, 1.165) is 42.3 Å². The molecule has 0 unspecified atom stereocenters. The summed E-state index contributed by atoms with van der Waals surface area (Å²) >= 11 is 0. The predicted molar refractivity (Wildman–Crippen MR) is 89.0 cm³/mol. The summed E-state index contributed by atoms with van der Waals surface area (Å²) in [7, 11) is 0. The van der Waals surface area contributed by atoms with Gasteiger partial charge in [-0.05, 0) is 31.4 Å². The van der Waals surface area contributed by atoms with Gasteiger partial charge in [0.05, 0.1) is 30.9 Å². The summed E-state index contributed by atoms with van der Waals surface area (Å²) in [6, 6.07) is 14.1. The summed E-state index contributed by atoms with van der Waals surface area (Å²) in [5, 5.41) is 0. The number of hydrogen-bond acceptors (Lipinski definition) is 3. The highest BCUT2D eigenvalue weighted by atomic mass is 16.5. The molecule has 23 heavy (non-hydrogen) atoms. The first-order valence-electron chi connectivity index (χ1n) is 8.18. The third-order valence-electron chi connectivity index (χ3n) is 4.31. The maximum Gasteiger partial charge on any atom is 0.152 e. The van der Waals surface area contributed by atoms with Crippen LogP contribution < -0.4 is 0 Å². The average Bonchev–Trinajstić information content (AvgIpc) is 3.26. The van der Waals surface area contributed by atoms with Gasteiger partial charge in [-0.15, -0.1) is 0 Å². The number of ether oxygens (including phenoxy) is 1. The SMILES string of the molecule is c1ccc(-c2ncn(C[C@H]3CCCCO3)c2-c2ccco2)cc1. The number of furan rings is 1. The van der Waals surface area contributed by atoms with Crippen LogP contribution in [0, 0.1) is 0 Å². The van der Waals surface area contributed by atoms with Crippen LogP contribution in [0.5, 0.6) is 0 Å². The Morgan fingerprint density at radius 1 is 1.09 bits per heavy atom. The molecule has 3 aromatic rings. The van der Waals surface area contributed by atoms with Crippen molar-refractivity contribution in [3.63, 3.8) is 0 Å². The molecular weight excluding hydrogens is 288 g/mol. The van der Waals surface area contributed by atoms with Gasteiger partial charge in [-0.3, -0.25) is 0 Å². The Morgan fingerprint density at radius 3 is 2.74 bits per heavy atom. The molecule has 1 aliphatic heterocycles. The summed E-state index contributed by atoms with van der Waals surface area (Å²) in [5.41, 5.74) is 3.08. The van der Waals surface area contributed by atoms with Crippen LogP contribution in [-0.4, -0.2) is 22.3 Å². The summed E-state index contributed by atoms with van der Waals surface area (Å²) in [6.45, 7) is 1.68. The van der Waals surface area contributed by atoms with Gasteiger partial charge in [0, 0.05) is 12.2 Å². The van der Waals surface area contributed by atoms with E-state index in [1.807, 2.05) is 36.7 Å². The standard InChI is InChI=1S/C19H20N2O2/c1-2-7-15(8-3-1)18-19(17-10-6-12-23-17)21(14-20-18)13-16-9-4-5-11-22-16/h1-3,6-8,10,12,14,16H,4-5,9,11,13H2/t16-/m1/s1. The van der Waals surface area contributed by atoms with Crippen molar-refractivity contribution in [2.24, 2.45) is 0 Å². The van der Waals surface area contributed by atoms with Gasteiger partial charge < -0.3 is 13.7 Å². The van der Waals surface area contributed by atoms with Gasteiger partial charge in [0.15, 0.2) is 5.76 Å². The maximum atomic E-state index is 5.89. The molecule has 1 fully saturated rings. The van der Waals surface area contributed by atoms with Crippen molar-refractivity contribution in [1.29, 1.82) is 0 Å². The van der Waals surface area contributed by atoms with E-state index < -0.39 is 0 Å². The topological polar surface area (TPSA) is 40.2 Å². The normalized spacial score (nSPS) is 18.2. The molecule has 118 valence electrons. The molecule has 3 heterocycles. The predicted octanol–water partition coefficient (Wildman–Crippen LogP) is 4.38. The van der Waals surface area contributed by atoms with Crippen LogP contribution in [0.3, 0.4) is 0 Å². The molecule has 0 radical (unpaired) electrons. The number of aromatic nitrogens is 2. The molecule has 2 aromatic heterocycles. The second-order valence-corrected chi connectivity index (χ2v) is 5.93. The van der Waals surface area contributed by atoms with Crippen molar-refractivity contribution in [2.75, 3.05) is 6.61 Å². The summed E-state index contributed by atoms with van der Waals surface area (Å²) < 4.78 is 13.7. The van der Waals surface area contributed by atoms with E-state index in [0.29, 0.717) is 0 Å². The molecule has 0 amide bonds. The first-order chi connectivity index (χ1) is 11.4. The van der Waals surface area contributed by atoms with E-state index in [2.05, 4.69) is 21.7 Å². The number of rotatable bonds is 4. The third-order valence-corrected chi connectivity index (χ3v) is 4.31. The fraction of sp³-hybridized carbons (Fsp3) is 0.316. The summed E-state index contributed by atoms with van der Waals surface area (Å²) in [4.78, 5) is 4.66. The minimum Gasteiger partial charge on any atom is -0.463 e. The molecule has 0 spiro atoms. The summed E-state index contributed by atoms with van der Waals surface area (Å²) in [6.07, 6.45) is 7.38. The second-order valence-electron chi connectivity index (χ2n) is 5.93. The number of nitrogens with zero attached hydrogens (tertiary/aromatic N) is 2. The van der Waals surface area contributed by atoms with Crippen LogP contribution in [0.1, 0.15) is 19.3 Å². The highest BCUT2D eigenvalue weighted by molar-refractivity contribution is 5.76. The summed E-state index contributed by atoms with van der Waals surface area (Å²) in [5.74, 6) is 0.845. The minimum atomic E-state index is 0.260. The highest BCUT2D eigenvalue weighted by Crippen LogP contribution is 2.32. The zero-order valence-electron chi connectivity index (χ0n) is 13.0. The quantitative estimate of drug-likeness (QED) is 0.718. The number of imidazole rings is 1. The van der Waals surface area contributed by atoms with Gasteiger partial charge in [0.25, 0.3) is 0 Å². The molecule has 1 atom stereocenters. The Labute approximate surface area is 135 Å². The number of benzene rings is 1. The van der Waals surface area contributed by atoms with Crippen molar-refractivity contribution in [2.45, 2.75) is 31.9 Å². The lowest BCUT2D eigenvalue weighted by molar-refractivity contribution is 0.00619. The Balaban J connectivity index is 1.73. The lowest BCUT2D eigenvalue weighted by atomic mass is 10.1. The molecule has 4 heteroatoms. The van der Waals surface area contributed by atoms with Crippen molar-refractivity contribution < 1.29 is 9.15 Å². The average molecular weight is 308 g/mol. The van der Waals surface area contributed by atoms with Crippen LogP contribution in [0.15, 0.2) is 59.5 Å². The Kier molecular flexibility index (Phi) is 3.99. The van der Waals surface area contributed by atoms with E-state index >= 15 is 0 Å². The van der Waals surface area contributed by atoms with Crippen LogP contribution in [0.4, 0.5) is 0 Å². The smallest absolute Gasteiger partial charge is 0.152 e. The van der Waals surface area contributed by atoms with Crippen molar-refractivity contribution in [3.05, 3.63) is 55.1 Å². The second kappa shape index (κ2) is 6.42. The minimum absolute atomic E-state index is 0.260. The van der Waals surface area contributed by atoms with E-state index in [1.54, 1.807) is 6.26 Å². The van der Waals surface area contributed by atoms with Crippen LogP contribution >= 0.6 is 0 Å². The first kappa shape index (κ1) is 14.3. The highest BCUT2D eigenvalue weighted by Gasteiger charge is 2.21. The fourth-order valence-corrected chi connectivity index (χ4v) is 3.17. The van der Waals surface area contributed by atoms with Gasteiger partial charge in [0.1, 0.15) is 5.69 Å². The Hall–Kier alpha value is -2.33. The van der Waals surface area contributed by atoms with Crippen molar-refractivity contribution >= 4 is 0 Å². The van der Waals surface area contributed by atoms with Crippen molar-refractivity contribution in [1.82, 2.24) is 9.55 Å².